The highest BCUT2D eigenvalue weighted by Gasteiger charge is 2.22. The van der Waals surface area contributed by atoms with E-state index in [4.69, 9.17) is 16.3 Å². The highest BCUT2D eigenvalue weighted by Crippen LogP contribution is 2.23. The first-order valence-corrected chi connectivity index (χ1v) is 6.04. The number of fused-ring (bicyclic) bond motifs is 1. The van der Waals surface area contributed by atoms with E-state index >= 15 is 0 Å². The minimum absolute atomic E-state index is 0.314. The number of hydrogen-bond acceptors (Lipinski definition) is 4. The van der Waals surface area contributed by atoms with Crippen LogP contribution in [-0.4, -0.2) is 27.2 Å². The van der Waals surface area contributed by atoms with E-state index in [-0.39, 0.29) is 0 Å². The number of nitrogens with zero attached hydrogens (tertiary/aromatic N) is 3. The van der Waals surface area contributed by atoms with Gasteiger partial charge in [0.1, 0.15) is 10.7 Å². The van der Waals surface area contributed by atoms with Gasteiger partial charge in [0, 0.05) is 11.3 Å². The smallest absolute Gasteiger partial charge is 0.343 e. The molecule has 2 rings (SSSR count). The standard InChI is InChI=1S/C12H14ClN3O2/c1-5-18-12(17)9-8(4)15-16-10(13)6(2)7(3)14-11(9)16/h5H2,1-4H3. The number of aromatic nitrogens is 3. The second-order valence-electron chi connectivity index (χ2n) is 4.03. The van der Waals surface area contributed by atoms with Crippen LogP contribution < -0.4 is 0 Å². The van der Waals surface area contributed by atoms with Crippen LogP contribution in [0.5, 0.6) is 0 Å². The molecule has 0 aliphatic rings. The third-order valence-corrected chi connectivity index (χ3v) is 3.27. The molecule has 0 saturated carbocycles. The van der Waals surface area contributed by atoms with E-state index in [1.54, 1.807) is 13.8 Å². The number of hydrogen-bond donors (Lipinski definition) is 0. The minimum Gasteiger partial charge on any atom is -0.462 e. The molecule has 0 aliphatic heterocycles. The highest BCUT2D eigenvalue weighted by atomic mass is 35.5. The topological polar surface area (TPSA) is 56.5 Å². The quantitative estimate of drug-likeness (QED) is 0.620. The molecule has 0 bridgehead atoms. The van der Waals surface area contributed by atoms with Gasteiger partial charge in [0.15, 0.2) is 5.65 Å². The summed E-state index contributed by atoms with van der Waals surface area (Å²) < 4.78 is 6.49. The second-order valence-corrected chi connectivity index (χ2v) is 4.39. The van der Waals surface area contributed by atoms with E-state index < -0.39 is 5.97 Å². The van der Waals surface area contributed by atoms with Crippen LogP contribution in [0, 0.1) is 20.8 Å². The van der Waals surface area contributed by atoms with Crippen molar-refractivity contribution in [1.82, 2.24) is 14.6 Å². The Bertz CT molecular complexity index is 634. The molecule has 0 aromatic carbocycles. The molecule has 2 heterocycles. The van der Waals surface area contributed by atoms with Gasteiger partial charge in [-0.2, -0.15) is 5.10 Å². The Morgan fingerprint density at radius 2 is 2.00 bits per heavy atom. The first kappa shape index (κ1) is 12.8. The molecule has 5 nitrogen and oxygen atoms in total. The van der Waals surface area contributed by atoms with E-state index in [2.05, 4.69) is 10.1 Å². The number of rotatable bonds is 2. The average Bonchev–Trinajstić information content (AvgIpc) is 2.63. The Morgan fingerprint density at radius 1 is 1.33 bits per heavy atom. The maximum Gasteiger partial charge on any atom is 0.343 e. The van der Waals surface area contributed by atoms with Gasteiger partial charge in [-0.1, -0.05) is 11.6 Å². The Kier molecular flexibility index (Phi) is 3.26. The van der Waals surface area contributed by atoms with Crippen molar-refractivity contribution in [3.05, 3.63) is 27.7 Å². The molecule has 96 valence electrons. The summed E-state index contributed by atoms with van der Waals surface area (Å²) in [4.78, 5) is 16.3. The fourth-order valence-corrected chi connectivity index (χ4v) is 2.00. The fraction of sp³-hybridized carbons (Fsp3) is 0.417. The van der Waals surface area contributed by atoms with E-state index in [1.165, 1.54) is 4.52 Å². The van der Waals surface area contributed by atoms with Crippen LogP contribution in [0.2, 0.25) is 5.15 Å². The first-order chi connectivity index (χ1) is 8.47. The second kappa shape index (κ2) is 4.57. The van der Waals surface area contributed by atoms with E-state index in [0.717, 1.165) is 11.3 Å². The van der Waals surface area contributed by atoms with Crippen LogP contribution in [0.25, 0.3) is 5.65 Å². The van der Waals surface area contributed by atoms with Crippen LogP contribution in [-0.2, 0) is 4.74 Å². The maximum atomic E-state index is 11.9. The summed E-state index contributed by atoms with van der Waals surface area (Å²) in [5.74, 6) is -0.420. The number of halogens is 1. The number of ether oxygens (including phenoxy) is 1. The van der Waals surface area contributed by atoms with Crippen molar-refractivity contribution in [3.63, 3.8) is 0 Å². The zero-order valence-corrected chi connectivity index (χ0v) is 11.5. The summed E-state index contributed by atoms with van der Waals surface area (Å²) in [6, 6.07) is 0. The van der Waals surface area contributed by atoms with Gasteiger partial charge < -0.3 is 4.74 Å². The molecule has 0 unspecified atom stereocenters. The third kappa shape index (κ3) is 1.84. The highest BCUT2D eigenvalue weighted by molar-refractivity contribution is 6.30. The van der Waals surface area contributed by atoms with Crippen molar-refractivity contribution in [2.75, 3.05) is 6.61 Å². The van der Waals surface area contributed by atoms with Crippen LogP contribution in [0.15, 0.2) is 0 Å². The number of aryl methyl sites for hydroxylation is 2. The van der Waals surface area contributed by atoms with Gasteiger partial charge in [-0.05, 0) is 27.7 Å². The summed E-state index contributed by atoms with van der Waals surface area (Å²) in [6.07, 6.45) is 0. The lowest BCUT2D eigenvalue weighted by Gasteiger charge is -2.05. The van der Waals surface area contributed by atoms with Crippen molar-refractivity contribution >= 4 is 23.2 Å². The Labute approximate surface area is 110 Å². The van der Waals surface area contributed by atoms with Crippen LogP contribution >= 0.6 is 11.6 Å². The molecule has 0 atom stereocenters. The molecule has 0 N–H and O–H groups in total. The zero-order valence-electron chi connectivity index (χ0n) is 10.7. The van der Waals surface area contributed by atoms with Gasteiger partial charge in [0.05, 0.1) is 12.3 Å². The average molecular weight is 268 g/mol. The van der Waals surface area contributed by atoms with Crippen LogP contribution in [0.4, 0.5) is 0 Å². The monoisotopic (exact) mass is 267 g/mol. The lowest BCUT2D eigenvalue weighted by Crippen LogP contribution is -2.07. The van der Waals surface area contributed by atoms with Crippen molar-refractivity contribution in [2.45, 2.75) is 27.7 Å². The molecule has 0 spiro atoms. The normalized spacial score (nSPS) is 10.9. The summed E-state index contributed by atoms with van der Waals surface area (Å²) in [6.45, 7) is 7.52. The molecule has 0 radical (unpaired) electrons. The lowest BCUT2D eigenvalue weighted by atomic mass is 10.2. The molecule has 0 amide bonds. The molecular weight excluding hydrogens is 254 g/mol. The zero-order chi connectivity index (χ0) is 13.4. The number of carbonyl (C=O) groups is 1. The third-order valence-electron chi connectivity index (χ3n) is 2.83. The lowest BCUT2D eigenvalue weighted by molar-refractivity contribution is 0.0527. The van der Waals surface area contributed by atoms with Crippen molar-refractivity contribution < 1.29 is 9.53 Å². The van der Waals surface area contributed by atoms with Crippen LogP contribution in [0.1, 0.15) is 34.2 Å². The summed E-state index contributed by atoms with van der Waals surface area (Å²) >= 11 is 6.21. The molecule has 6 heteroatoms. The van der Waals surface area contributed by atoms with Gasteiger partial charge in [-0.15, -0.1) is 0 Å². The molecule has 0 aliphatic carbocycles. The predicted octanol–water partition coefficient (Wildman–Crippen LogP) is 2.48. The van der Waals surface area contributed by atoms with Crippen LogP contribution in [0.3, 0.4) is 0 Å². The summed E-state index contributed by atoms with van der Waals surface area (Å²) in [5.41, 5.74) is 3.01. The Hall–Kier alpha value is -1.62. The molecule has 18 heavy (non-hydrogen) atoms. The Balaban J connectivity index is 2.76. The van der Waals surface area contributed by atoms with Gasteiger partial charge in [0.2, 0.25) is 0 Å². The van der Waals surface area contributed by atoms with Gasteiger partial charge in [0.25, 0.3) is 0 Å². The summed E-state index contributed by atoms with van der Waals surface area (Å²) in [7, 11) is 0. The number of carbonyl (C=O) groups excluding carboxylic acids is 1. The maximum absolute atomic E-state index is 11.9. The minimum atomic E-state index is -0.420. The Morgan fingerprint density at radius 3 is 2.61 bits per heavy atom. The SMILES string of the molecule is CCOC(=O)c1c(C)nn2c(Cl)c(C)c(C)nc12. The van der Waals surface area contributed by atoms with Gasteiger partial charge >= 0.3 is 5.97 Å². The summed E-state index contributed by atoms with van der Waals surface area (Å²) in [5, 5.41) is 4.71. The van der Waals surface area contributed by atoms with E-state index in [0.29, 0.717) is 28.7 Å². The largest absolute Gasteiger partial charge is 0.462 e. The predicted molar refractivity (Wildman–Crippen MR) is 68.2 cm³/mol. The fourth-order valence-electron chi connectivity index (χ4n) is 1.75. The van der Waals surface area contributed by atoms with Crippen molar-refractivity contribution in [3.8, 4) is 0 Å². The molecule has 2 aromatic heterocycles. The number of esters is 1. The van der Waals surface area contributed by atoms with Gasteiger partial charge in [-0.3, -0.25) is 0 Å². The molecular formula is C12H14ClN3O2. The van der Waals surface area contributed by atoms with Crippen molar-refractivity contribution in [1.29, 1.82) is 0 Å². The molecule has 2 aromatic rings. The molecule has 0 fully saturated rings. The van der Waals surface area contributed by atoms with E-state index in [1.807, 2.05) is 13.8 Å². The van der Waals surface area contributed by atoms with Crippen molar-refractivity contribution in [2.24, 2.45) is 0 Å². The molecule has 0 saturated heterocycles. The van der Waals surface area contributed by atoms with Gasteiger partial charge in [-0.25, -0.2) is 14.3 Å². The van der Waals surface area contributed by atoms with E-state index in [9.17, 15) is 4.79 Å². The first-order valence-electron chi connectivity index (χ1n) is 5.66.